The molecule has 0 bridgehead atoms. The van der Waals surface area contributed by atoms with Gasteiger partial charge in [-0.15, -0.1) is 0 Å². The fraction of sp³-hybridized carbons (Fsp3) is 0.750. The molecule has 1 heterocycles. The Bertz CT molecular complexity index is 228. The molecule has 1 aromatic heterocycles. The number of hydrogen-bond acceptors (Lipinski definition) is 3. The Morgan fingerprint density at radius 1 is 1.67 bits per heavy atom. The minimum atomic E-state index is 0.455. The first-order valence-electron chi connectivity index (χ1n) is 4.37. The van der Waals surface area contributed by atoms with E-state index in [4.69, 9.17) is 4.74 Å². The number of nitrogens with one attached hydrogen (secondary N) is 1. The standard InChI is InChI=1S/C8H13N3O/c1-2-12-7-3-6(4-7)8-5-9-11-10-8/h5-7H,2-4H2,1H3,(H,9,10,11). The topological polar surface area (TPSA) is 50.8 Å². The molecule has 1 N–H and O–H groups in total. The fourth-order valence-electron chi connectivity index (χ4n) is 1.59. The molecule has 2 rings (SSSR count). The Morgan fingerprint density at radius 3 is 3.08 bits per heavy atom. The van der Waals surface area contributed by atoms with Crippen LogP contribution in [-0.2, 0) is 4.74 Å². The van der Waals surface area contributed by atoms with Crippen LogP contribution >= 0.6 is 0 Å². The monoisotopic (exact) mass is 167 g/mol. The van der Waals surface area contributed by atoms with Gasteiger partial charge in [0.15, 0.2) is 0 Å². The molecule has 1 fully saturated rings. The van der Waals surface area contributed by atoms with E-state index in [-0.39, 0.29) is 0 Å². The fourth-order valence-corrected chi connectivity index (χ4v) is 1.59. The number of H-pyrrole nitrogens is 1. The van der Waals surface area contributed by atoms with Crippen LogP contribution in [0, 0.1) is 0 Å². The van der Waals surface area contributed by atoms with Gasteiger partial charge < -0.3 is 4.74 Å². The summed E-state index contributed by atoms with van der Waals surface area (Å²) >= 11 is 0. The summed E-state index contributed by atoms with van der Waals surface area (Å²) in [6, 6.07) is 0. The van der Waals surface area contributed by atoms with Crippen molar-refractivity contribution in [1.82, 2.24) is 15.4 Å². The molecule has 4 nitrogen and oxygen atoms in total. The van der Waals surface area contributed by atoms with Gasteiger partial charge in [0.2, 0.25) is 0 Å². The Morgan fingerprint density at radius 2 is 2.50 bits per heavy atom. The summed E-state index contributed by atoms with van der Waals surface area (Å²) in [6.07, 6.45) is 4.45. The van der Waals surface area contributed by atoms with E-state index in [2.05, 4.69) is 15.4 Å². The van der Waals surface area contributed by atoms with E-state index >= 15 is 0 Å². The maximum atomic E-state index is 5.45. The van der Waals surface area contributed by atoms with Gasteiger partial charge >= 0.3 is 0 Å². The van der Waals surface area contributed by atoms with Crippen LogP contribution in [0.4, 0.5) is 0 Å². The quantitative estimate of drug-likeness (QED) is 0.733. The zero-order chi connectivity index (χ0) is 8.39. The predicted octanol–water partition coefficient (Wildman–Crippen LogP) is 1.09. The van der Waals surface area contributed by atoms with Gasteiger partial charge in [0.05, 0.1) is 18.0 Å². The molecule has 0 saturated heterocycles. The highest BCUT2D eigenvalue weighted by molar-refractivity contribution is 5.07. The Labute approximate surface area is 71.3 Å². The lowest BCUT2D eigenvalue weighted by Crippen LogP contribution is -2.29. The van der Waals surface area contributed by atoms with E-state index in [1.54, 1.807) is 6.20 Å². The second-order valence-electron chi connectivity index (χ2n) is 3.14. The SMILES string of the molecule is CCOC1CC(c2cn[nH]n2)C1. The van der Waals surface area contributed by atoms with E-state index in [1.807, 2.05) is 6.92 Å². The molecule has 0 radical (unpaired) electrons. The van der Waals surface area contributed by atoms with Crippen LogP contribution in [0.25, 0.3) is 0 Å². The Kier molecular flexibility index (Phi) is 2.08. The summed E-state index contributed by atoms with van der Waals surface area (Å²) in [5, 5.41) is 10.4. The smallest absolute Gasteiger partial charge is 0.0857 e. The van der Waals surface area contributed by atoms with Gasteiger partial charge in [-0.2, -0.15) is 15.4 Å². The lowest BCUT2D eigenvalue weighted by molar-refractivity contribution is -0.00403. The van der Waals surface area contributed by atoms with Crippen molar-refractivity contribution < 1.29 is 4.74 Å². The summed E-state index contributed by atoms with van der Waals surface area (Å²) in [4.78, 5) is 0. The normalized spacial score (nSPS) is 28.4. The van der Waals surface area contributed by atoms with Gasteiger partial charge in [-0.05, 0) is 19.8 Å². The maximum Gasteiger partial charge on any atom is 0.0857 e. The van der Waals surface area contributed by atoms with Crippen LogP contribution in [0.2, 0.25) is 0 Å². The van der Waals surface area contributed by atoms with Gasteiger partial charge in [-0.25, -0.2) is 0 Å². The number of aromatic amines is 1. The lowest BCUT2D eigenvalue weighted by atomic mass is 9.80. The summed E-state index contributed by atoms with van der Waals surface area (Å²) in [7, 11) is 0. The largest absolute Gasteiger partial charge is 0.378 e. The van der Waals surface area contributed by atoms with Gasteiger partial charge in [0.25, 0.3) is 0 Å². The average Bonchev–Trinajstić information content (AvgIpc) is 2.47. The number of aromatic nitrogens is 3. The summed E-state index contributed by atoms with van der Waals surface area (Å²) < 4.78 is 5.45. The molecular weight excluding hydrogens is 154 g/mol. The van der Waals surface area contributed by atoms with Gasteiger partial charge in [-0.3, -0.25) is 0 Å². The van der Waals surface area contributed by atoms with Gasteiger partial charge in [0, 0.05) is 12.5 Å². The molecule has 0 unspecified atom stereocenters. The van der Waals surface area contributed by atoms with E-state index in [0.717, 1.165) is 25.1 Å². The van der Waals surface area contributed by atoms with Crippen molar-refractivity contribution in [1.29, 1.82) is 0 Å². The Hall–Kier alpha value is -0.900. The molecular formula is C8H13N3O. The number of rotatable bonds is 3. The lowest BCUT2D eigenvalue weighted by Gasteiger charge is -2.33. The molecule has 0 spiro atoms. The highest BCUT2D eigenvalue weighted by Gasteiger charge is 2.32. The summed E-state index contributed by atoms with van der Waals surface area (Å²) in [6.45, 7) is 2.85. The van der Waals surface area contributed by atoms with Crippen LogP contribution in [0.5, 0.6) is 0 Å². The van der Waals surface area contributed by atoms with Crippen LogP contribution in [0.3, 0.4) is 0 Å². The van der Waals surface area contributed by atoms with Gasteiger partial charge in [0.1, 0.15) is 0 Å². The predicted molar refractivity (Wildman–Crippen MR) is 43.8 cm³/mol. The molecule has 12 heavy (non-hydrogen) atoms. The third kappa shape index (κ3) is 1.34. The zero-order valence-electron chi connectivity index (χ0n) is 7.16. The van der Waals surface area contributed by atoms with E-state index < -0.39 is 0 Å². The number of nitrogens with zero attached hydrogens (tertiary/aromatic N) is 2. The van der Waals surface area contributed by atoms with Crippen LogP contribution < -0.4 is 0 Å². The van der Waals surface area contributed by atoms with Crippen molar-refractivity contribution in [3.05, 3.63) is 11.9 Å². The molecule has 1 aliphatic carbocycles. The summed E-state index contributed by atoms with van der Waals surface area (Å²) in [5.41, 5.74) is 1.07. The molecule has 66 valence electrons. The number of ether oxygens (including phenoxy) is 1. The molecule has 1 aliphatic rings. The molecule has 0 amide bonds. The maximum absolute atomic E-state index is 5.45. The van der Waals surface area contributed by atoms with Crippen molar-refractivity contribution in [3.8, 4) is 0 Å². The van der Waals surface area contributed by atoms with Crippen molar-refractivity contribution in [3.63, 3.8) is 0 Å². The molecule has 1 aromatic rings. The second-order valence-corrected chi connectivity index (χ2v) is 3.14. The first-order chi connectivity index (χ1) is 5.90. The molecule has 0 aliphatic heterocycles. The highest BCUT2D eigenvalue weighted by Crippen LogP contribution is 2.37. The van der Waals surface area contributed by atoms with Crippen LogP contribution in [0.1, 0.15) is 31.4 Å². The van der Waals surface area contributed by atoms with Crippen LogP contribution in [0.15, 0.2) is 6.20 Å². The first kappa shape index (κ1) is 7.73. The highest BCUT2D eigenvalue weighted by atomic mass is 16.5. The third-order valence-corrected chi connectivity index (χ3v) is 2.35. The third-order valence-electron chi connectivity index (χ3n) is 2.35. The van der Waals surface area contributed by atoms with E-state index in [0.29, 0.717) is 12.0 Å². The minimum Gasteiger partial charge on any atom is -0.378 e. The number of hydrogen-bond donors (Lipinski definition) is 1. The second kappa shape index (κ2) is 3.23. The summed E-state index contributed by atoms with van der Waals surface area (Å²) in [5.74, 6) is 0.570. The van der Waals surface area contributed by atoms with Crippen molar-refractivity contribution in [2.24, 2.45) is 0 Å². The van der Waals surface area contributed by atoms with Crippen molar-refractivity contribution >= 4 is 0 Å². The van der Waals surface area contributed by atoms with Gasteiger partial charge in [-0.1, -0.05) is 0 Å². The molecule has 0 aromatic carbocycles. The average molecular weight is 167 g/mol. The van der Waals surface area contributed by atoms with Crippen molar-refractivity contribution in [2.45, 2.75) is 31.8 Å². The molecule has 4 heteroatoms. The van der Waals surface area contributed by atoms with E-state index in [9.17, 15) is 0 Å². The van der Waals surface area contributed by atoms with Crippen LogP contribution in [-0.4, -0.2) is 28.1 Å². The first-order valence-corrected chi connectivity index (χ1v) is 4.37. The zero-order valence-corrected chi connectivity index (χ0v) is 7.16. The molecule has 0 atom stereocenters. The van der Waals surface area contributed by atoms with E-state index in [1.165, 1.54) is 0 Å². The van der Waals surface area contributed by atoms with Crippen molar-refractivity contribution in [2.75, 3.05) is 6.61 Å². The molecule has 1 saturated carbocycles. The minimum absolute atomic E-state index is 0.455. The Balaban J connectivity index is 1.82.